The van der Waals surface area contributed by atoms with Crippen molar-refractivity contribution in [2.45, 2.75) is 18.8 Å². The van der Waals surface area contributed by atoms with Gasteiger partial charge in [0.25, 0.3) is 0 Å². The fraction of sp³-hybridized carbons (Fsp3) is 0.250. The molecule has 7 nitrogen and oxygen atoms in total. The largest absolute Gasteiger partial charge is 0.384 e. The highest BCUT2D eigenvalue weighted by molar-refractivity contribution is 5.91. The Labute approximate surface area is 156 Å². The molecule has 27 heavy (non-hydrogen) atoms. The number of aromatic nitrogens is 2. The van der Waals surface area contributed by atoms with Crippen LogP contribution in [0.3, 0.4) is 0 Å². The van der Waals surface area contributed by atoms with Crippen molar-refractivity contribution >= 4 is 17.6 Å². The molecule has 138 valence electrons. The van der Waals surface area contributed by atoms with E-state index in [0.29, 0.717) is 24.9 Å². The number of hydrogen-bond donors (Lipinski definition) is 2. The Kier molecular flexibility index (Phi) is 4.37. The molecule has 0 aliphatic carbocycles. The lowest BCUT2D eigenvalue weighted by Crippen LogP contribution is -2.44. The second-order valence-electron chi connectivity index (χ2n) is 7.02. The predicted octanol–water partition coefficient (Wildman–Crippen LogP) is 2.79. The Balaban J connectivity index is 1.37. The molecule has 3 N–H and O–H groups in total. The van der Waals surface area contributed by atoms with Crippen molar-refractivity contribution in [1.82, 2.24) is 10.1 Å². The number of carbonyl (C=O) groups is 1. The van der Waals surface area contributed by atoms with E-state index < -0.39 is 0 Å². The van der Waals surface area contributed by atoms with Gasteiger partial charge in [-0.3, -0.25) is 10.1 Å². The molecule has 1 aliphatic rings. The monoisotopic (exact) mass is 364 g/mol. The summed E-state index contributed by atoms with van der Waals surface area (Å²) in [7, 11) is 0. The van der Waals surface area contributed by atoms with Gasteiger partial charge in [0.15, 0.2) is 0 Å². The second kappa shape index (κ2) is 6.85. The highest BCUT2D eigenvalue weighted by Gasteiger charge is 2.38. The number of rotatable bonds is 5. The number of nitrogen functional groups attached to an aromatic ring is 1. The molecule has 0 radical (unpaired) electrons. The van der Waals surface area contributed by atoms with E-state index >= 15 is 0 Å². The van der Waals surface area contributed by atoms with Crippen LogP contribution in [-0.4, -0.2) is 29.3 Å². The van der Waals surface area contributed by atoms with Crippen molar-refractivity contribution in [2.24, 2.45) is 0 Å². The van der Waals surface area contributed by atoms with Crippen molar-refractivity contribution in [3.63, 3.8) is 0 Å². The van der Waals surface area contributed by atoms with E-state index in [1.165, 1.54) is 0 Å². The van der Waals surface area contributed by atoms with E-state index in [-0.39, 0.29) is 17.7 Å². The van der Waals surface area contributed by atoms with Crippen LogP contribution in [0, 0.1) is 0 Å². The standard InChI is InChI=1S/C20H20N4O3/c1-20(11-26-12-20)16-9-19(27-24-16)23-18(25)8-13-2-4-14(5-3-13)15-6-7-17(21)22-10-15/h2-7,9-10H,8,11-12H2,1H3,(H2,21,22)(H,23,25). The first-order valence-corrected chi connectivity index (χ1v) is 8.67. The maximum Gasteiger partial charge on any atom is 0.231 e. The zero-order valence-corrected chi connectivity index (χ0v) is 14.9. The van der Waals surface area contributed by atoms with Crippen LogP contribution in [0.5, 0.6) is 0 Å². The van der Waals surface area contributed by atoms with Gasteiger partial charge in [0.1, 0.15) is 5.82 Å². The summed E-state index contributed by atoms with van der Waals surface area (Å²) in [6.07, 6.45) is 1.98. The molecule has 1 aromatic carbocycles. The third kappa shape index (κ3) is 3.68. The summed E-state index contributed by atoms with van der Waals surface area (Å²) < 4.78 is 10.5. The van der Waals surface area contributed by atoms with E-state index in [0.717, 1.165) is 22.4 Å². The summed E-state index contributed by atoms with van der Waals surface area (Å²) in [5, 5.41) is 6.79. The summed E-state index contributed by atoms with van der Waals surface area (Å²) in [5.74, 6) is 0.684. The molecule has 1 fully saturated rings. The lowest BCUT2D eigenvalue weighted by atomic mass is 9.85. The maximum atomic E-state index is 12.3. The van der Waals surface area contributed by atoms with E-state index in [9.17, 15) is 4.79 Å². The number of pyridine rings is 1. The number of anilines is 2. The van der Waals surface area contributed by atoms with E-state index in [2.05, 4.69) is 22.4 Å². The van der Waals surface area contributed by atoms with Crippen molar-refractivity contribution < 1.29 is 14.1 Å². The SMILES string of the molecule is CC1(c2cc(NC(=O)Cc3ccc(-c4ccc(N)nc4)cc3)on2)COC1. The van der Waals surface area contributed by atoms with E-state index in [4.69, 9.17) is 15.0 Å². The van der Waals surface area contributed by atoms with Gasteiger partial charge in [-0.25, -0.2) is 4.98 Å². The molecule has 1 amide bonds. The molecule has 0 bridgehead atoms. The first kappa shape index (κ1) is 17.2. The first-order chi connectivity index (χ1) is 13.0. The van der Waals surface area contributed by atoms with E-state index in [1.807, 2.05) is 30.3 Å². The van der Waals surface area contributed by atoms with Gasteiger partial charge in [-0.15, -0.1) is 0 Å². The molecule has 2 aromatic heterocycles. The van der Waals surface area contributed by atoms with Crippen LogP contribution in [0.2, 0.25) is 0 Å². The third-order valence-corrected chi connectivity index (χ3v) is 4.67. The molecule has 0 atom stereocenters. The number of hydrogen-bond acceptors (Lipinski definition) is 6. The Hall–Kier alpha value is -3.19. The molecular formula is C20H20N4O3. The van der Waals surface area contributed by atoms with Gasteiger partial charge < -0.3 is 15.0 Å². The van der Waals surface area contributed by atoms with Crippen LogP contribution in [0.15, 0.2) is 53.2 Å². The average Bonchev–Trinajstić information content (AvgIpc) is 3.10. The quantitative estimate of drug-likeness (QED) is 0.721. The minimum atomic E-state index is -0.158. The van der Waals surface area contributed by atoms with Crippen LogP contribution >= 0.6 is 0 Å². The smallest absolute Gasteiger partial charge is 0.231 e. The number of carbonyl (C=O) groups excluding carboxylic acids is 1. The number of nitrogens with two attached hydrogens (primary N) is 1. The third-order valence-electron chi connectivity index (χ3n) is 4.67. The van der Waals surface area contributed by atoms with Crippen molar-refractivity contribution in [2.75, 3.05) is 24.3 Å². The minimum absolute atomic E-state index is 0.126. The Morgan fingerprint density at radius 3 is 2.56 bits per heavy atom. The summed E-state index contributed by atoms with van der Waals surface area (Å²) in [6, 6.07) is 13.2. The number of ether oxygens (including phenoxy) is 1. The summed E-state index contributed by atoms with van der Waals surface area (Å²) in [5.41, 5.74) is 9.17. The molecular weight excluding hydrogens is 344 g/mol. The summed E-state index contributed by atoms with van der Waals surface area (Å²) in [6.45, 7) is 3.28. The maximum absolute atomic E-state index is 12.3. The molecule has 0 saturated carbocycles. The highest BCUT2D eigenvalue weighted by Crippen LogP contribution is 2.32. The van der Waals surface area contributed by atoms with Crippen LogP contribution in [0.25, 0.3) is 11.1 Å². The Morgan fingerprint density at radius 1 is 1.19 bits per heavy atom. The number of nitrogens with one attached hydrogen (secondary N) is 1. The molecule has 0 unspecified atom stereocenters. The normalized spacial score (nSPS) is 15.1. The van der Waals surface area contributed by atoms with Crippen LogP contribution < -0.4 is 11.1 Å². The zero-order chi connectivity index (χ0) is 18.9. The van der Waals surface area contributed by atoms with Crippen molar-refractivity contribution in [1.29, 1.82) is 0 Å². The Bertz CT molecular complexity index is 944. The van der Waals surface area contributed by atoms with Gasteiger partial charge in [0.05, 0.1) is 30.7 Å². The highest BCUT2D eigenvalue weighted by atomic mass is 16.5. The molecule has 7 heteroatoms. The fourth-order valence-electron chi connectivity index (χ4n) is 2.93. The fourth-order valence-corrected chi connectivity index (χ4v) is 2.93. The predicted molar refractivity (Wildman–Crippen MR) is 101 cm³/mol. The van der Waals surface area contributed by atoms with Crippen LogP contribution in [0.1, 0.15) is 18.2 Å². The van der Waals surface area contributed by atoms with Crippen molar-refractivity contribution in [3.8, 4) is 11.1 Å². The second-order valence-corrected chi connectivity index (χ2v) is 7.02. The summed E-state index contributed by atoms with van der Waals surface area (Å²) >= 11 is 0. The number of benzene rings is 1. The van der Waals surface area contributed by atoms with Gasteiger partial charge in [-0.1, -0.05) is 29.4 Å². The average molecular weight is 364 g/mol. The van der Waals surface area contributed by atoms with Crippen LogP contribution in [0.4, 0.5) is 11.7 Å². The van der Waals surface area contributed by atoms with Gasteiger partial charge in [0, 0.05) is 17.8 Å². The van der Waals surface area contributed by atoms with Gasteiger partial charge in [-0.2, -0.15) is 0 Å². The topological polar surface area (TPSA) is 103 Å². The molecule has 3 heterocycles. The number of nitrogens with zero attached hydrogens (tertiary/aromatic N) is 2. The zero-order valence-electron chi connectivity index (χ0n) is 14.9. The number of amides is 1. The van der Waals surface area contributed by atoms with Crippen LogP contribution in [-0.2, 0) is 21.4 Å². The van der Waals surface area contributed by atoms with Gasteiger partial charge in [-0.05, 0) is 30.2 Å². The van der Waals surface area contributed by atoms with Gasteiger partial charge in [0.2, 0.25) is 11.8 Å². The molecule has 1 saturated heterocycles. The molecule has 4 rings (SSSR count). The first-order valence-electron chi connectivity index (χ1n) is 8.67. The lowest BCUT2D eigenvalue weighted by molar-refractivity contribution is -0.115. The van der Waals surface area contributed by atoms with Gasteiger partial charge >= 0.3 is 0 Å². The Morgan fingerprint density at radius 2 is 1.93 bits per heavy atom. The molecule has 0 spiro atoms. The summed E-state index contributed by atoms with van der Waals surface area (Å²) in [4.78, 5) is 16.4. The molecule has 1 aliphatic heterocycles. The van der Waals surface area contributed by atoms with E-state index in [1.54, 1.807) is 18.3 Å². The minimum Gasteiger partial charge on any atom is -0.384 e. The van der Waals surface area contributed by atoms with Crippen molar-refractivity contribution in [3.05, 3.63) is 59.9 Å². The lowest BCUT2D eigenvalue weighted by Gasteiger charge is -2.35. The molecule has 3 aromatic rings.